The summed E-state index contributed by atoms with van der Waals surface area (Å²) in [6, 6.07) is -0.966. The van der Waals surface area contributed by atoms with Crippen molar-refractivity contribution in [3.8, 4) is 0 Å². The predicted molar refractivity (Wildman–Crippen MR) is 172 cm³/mol. The van der Waals surface area contributed by atoms with Gasteiger partial charge in [0.15, 0.2) is 0 Å². The number of nitrogens with zero attached hydrogens (tertiary/aromatic N) is 3. The van der Waals surface area contributed by atoms with E-state index in [1.165, 1.54) is 0 Å². The van der Waals surface area contributed by atoms with Crippen LogP contribution < -0.4 is 16.0 Å². The third-order valence-electron chi connectivity index (χ3n) is 11.6. The number of urea groups is 1. The maximum absolute atomic E-state index is 16.6. The molecular weight excluding hydrogens is 594 g/mol. The lowest BCUT2D eigenvalue weighted by atomic mass is 9.72. The highest BCUT2D eigenvalue weighted by molar-refractivity contribution is 5.76. The molecule has 0 aromatic carbocycles. The van der Waals surface area contributed by atoms with Crippen LogP contribution in [0.4, 0.5) is 18.4 Å². The van der Waals surface area contributed by atoms with Crippen molar-refractivity contribution in [3.63, 3.8) is 0 Å². The van der Waals surface area contributed by atoms with Crippen LogP contribution in [0.15, 0.2) is 0 Å². The molecule has 262 valence electrons. The van der Waals surface area contributed by atoms with Crippen molar-refractivity contribution in [2.75, 3.05) is 32.8 Å². The molecule has 0 aromatic rings. The van der Waals surface area contributed by atoms with Gasteiger partial charge < -0.3 is 29.9 Å². The molecule has 0 radical (unpaired) electrons. The Bertz CT molecular complexity index is 1090. The van der Waals surface area contributed by atoms with Gasteiger partial charge in [-0.1, -0.05) is 13.8 Å². The minimum Gasteiger partial charge on any atom is -0.444 e. The first-order chi connectivity index (χ1) is 21.8. The molecule has 1 saturated carbocycles. The van der Waals surface area contributed by atoms with Gasteiger partial charge >= 0.3 is 12.1 Å². The van der Waals surface area contributed by atoms with Crippen molar-refractivity contribution in [3.05, 3.63) is 0 Å². The van der Waals surface area contributed by atoms with Gasteiger partial charge in [-0.15, -0.1) is 0 Å². The summed E-state index contributed by atoms with van der Waals surface area (Å²) in [7, 11) is 0. The number of piperazine rings is 1. The molecule has 2 bridgehead atoms. The van der Waals surface area contributed by atoms with E-state index in [0.29, 0.717) is 32.7 Å². The first-order valence-electron chi connectivity index (χ1n) is 18.1. The summed E-state index contributed by atoms with van der Waals surface area (Å²) in [6.45, 7) is 14.9. The first kappa shape index (κ1) is 34.1. The Kier molecular flexibility index (Phi) is 10.1. The smallest absolute Gasteiger partial charge is 0.410 e. The van der Waals surface area contributed by atoms with Crippen molar-refractivity contribution in [2.24, 2.45) is 23.7 Å². The second-order valence-electron chi connectivity index (χ2n) is 16.2. The zero-order valence-corrected chi connectivity index (χ0v) is 28.7. The molecule has 46 heavy (non-hydrogen) atoms. The lowest BCUT2D eigenvalue weighted by molar-refractivity contribution is -0.121. The molecule has 5 heterocycles. The molecule has 11 unspecified atom stereocenters. The normalized spacial score (nSPS) is 42.7. The first-order valence-corrected chi connectivity index (χ1v) is 18.1. The Labute approximate surface area is 274 Å². The number of ether oxygens (including phenoxy) is 2. The van der Waals surface area contributed by atoms with E-state index in [1.54, 1.807) is 4.90 Å². The van der Waals surface area contributed by atoms with Crippen molar-refractivity contribution in [1.82, 2.24) is 30.7 Å². The summed E-state index contributed by atoms with van der Waals surface area (Å²) in [5.74, 6) is -0.297. The number of piperidine rings is 2. The molecule has 6 rings (SSSR count). The molecule has 3 amide bonds. The van der Waals surface area contributed by atoms with Crippen molar-refractivity contribution >= 4 is 12.1 Å². The summed E-state index contributed by atoms with van der Waals surface area (Å²) in [5, 5.41) is 10.7. The number of nitrogens with one attached hydrogen (secondary N) is 3. The summed E-state index contributed by atoms with van der Waals surface area (Å²) in [4.78, 5) is 33.4. The molecular formula is C34H58F2N6O4. The van der Waals surface area contributed by atoms with Gasteiger partial charge in [-0.25, -0.2) is 18.4 Å². The van der Waals surface area contributed by atoms with Crippen LogP contribution in [-0.4, -0.2) is 120 Å². The largest absolute Gasteiger partial charge is 0.444 e. The van der Waals surface area contributed by atoms with Gasteiger partial charge in [0.25, 0.3) is 0 Å². The van der Waals surface area contributed by atoms with Crippen LogP contribution in [0.2, 0.25) is 0 Å². The molecule has 5 aliphatic heterocycles. The van der Waals surface area contributed by atoms with Gasteiger partial charge in [-0.05, 0) is 91.0 Å². The molecule has 12 heteroatoms. The Hall–Kier alpha value is -1.76. The number of alkyl halides is 2. The molecule has 5 saturated heterocycles. The maximum Gasteiger partial charge on any atom is 0.410 e. The van der Waals surface area contributed by atoms with Gasteiger partial charge in [0.05, 0.1) is 24.5 Å². The van der Waals surface area contributed by atoms with Gasteiger partial charge in [-0.3, -0.25) is 10.2 Å². The number of carbonyl (C=O) groups is 2. The standard InChI is InChI=1S/C34H58F2N6O4/c1-19(2)27-29-21(12-13-37-27)9-8-16-45-25-11-7-10-23(35)26(25)28-24(36)17-22-30(39-32(43)42(29)31(22)38-28)41-15-14-40(18-20(41)3)33(44)46-34(4,5)6/h19-31,37-38H,7-18H2,1-6H3,(H,39,43)/t20-,21?,22?,23?,24?,25?,26?,27?,28?,29?,30?,31?/m0/s1. The molecule has 1 aliphatic carbocycles. The second kappa shape index (κ2) is 13.6. The van der Waals surface area contributed by atoms with Gasteiger partial charge in [-0.2, -0.15) is 0 Å². The highest BCUT2D eigenvalue weighted by Crippen LogP contribution is 2.43. The molecule has 6 aliphatic rings. The summed E-state index contributed by atoms with van der Waals surface area (Å²) in [6.07, 6.45) is 0.867. The summed E-state index contributed by atoms with van der Waals surface area (Å²) >= 11 is 0. The maximum atomic E-state index is 16.6. The second-order valence-corrected chi connectivity index (χ2v) is 16.2. The highest BCUT2D eigenvalue weighted by atomic mass is 19.1. The summed E-state index contributed by atoms with van der Waals surface area (Å²) in [5.41, 5.74) is -0.590. The Morgan fingerprint density at radius 3 is 2.54 bits per heavy atom. The SMILES string of the molecule is CC(C)C1NCCC2CCCOC3CCCC(F)C3C3NC4C(CC3F)C(N3CCN(C(=O)OC(C)(C)C)C[C@@H]3C)NC(=O)N4C21. The van der Waals surface area contributed by atoms with Crippen LogP contribution in [0, 0.1) is 23.7 Å². The topological polar surface area (TPSA) is 98.4 Å². The lowest BCUT2D eigenvalue weighted by Gasteiger charge is -2.60. The fourth-order valence-electron chi connectivity index (χ4n) is 9.59. The number of fused-ring (bicyclic) bond motifs is 5. The van der Waals surface area contributed by atoms with E-state index in [4.69, 9.17) is 9.47 Å². The van der Waals surface area contributed by atoms with Gasteiger partial charge in [0, 0.05) is 56.2 Å². The Balaban J connectivity index is 1.33. The number of halogens is 2. The number of carbonyl (C=O) groups excluding carboxylic acids is 2. The number of hydrogen-bond donors (Lipinski definition) is 3. The molecule has 0 spiro atoms. The van der Waals surface area contributed by atoms with E-state index in [-0.39, 0.29) is 60.5 Å². The van der Waals surface area contributed by atoms with E-state index in [1.807, 2.05) is 25.7 Å². The number of rotatable bonds is 2. The van der Waals surface area contributed by atoms with Crippen molar-refractivity contribution in [1.29, 1.82) is 0 Å². The Morgan fingerprint density at radius 2 is 1.83 bits per heavy atom. The van der Waals surface area contributed by atoms with E-state index in [2.05, 4.69) is 41.6 Å². The predicted octanol–water partition coefficient (Wildman–Crippen LogP) is 4.24. The van der Waals surface area contributed by atoms with Crippen LogP contribution in [0.5, 0.6) is 0 Å². The van der Waals surface area contributed by atoms with Crippen LogP contribution >= 0.6 is 0 Å². The number of hydrogen-bond acceptors (Lipinski definition) is 7. The van der Waals surface area contributed by atoms with Crippen molar-refractivity contribution in [2.45, 2.75) is 147 Å². The molecule has 10 nitrogen and oxygen atoms in total. The van der Waals surface area contributed by atoms with E-state index in [0.717, 1.165) is 38.6 Å². The van der Waals surface area contributed by atoms with Gasteiger partial charge in [0.2, 0.25) is 0 Å². The average Bonchev–Trinajstić information content (AvgIpc) is 2.98. The fraction of sp³-hybridized carbons (Fsp3) is 0.941. The lowest BCUT2D eigenvalue weighted by Crippen LogP contribution is -2.80. The van der Waals surface area contributed by atoms with E-state index >= 15 is 8.78 Å². The van der Waals surface area contributed by atoms with Crippen molar-refractivity contribution < 1.29 is 27.8 Å². The summed E-state index contributed by atoms with van der Waals surface area (Å²) < 4.78 is 44.4. The quantitative estimate of drug-likeness (QED) is 0.411. The molecule has 6 fully saturated rings. The minimum absolute atomic E-state index is 0.0843. The Morgan fingerprint density at radius 1 is 1.04 bits per heavy atom. The van der Waals surface area contributed by atoms with Gasteiger partial charge in [0.1, 0.15) is 17.9 Å². The third-order valence-corrected chi connectivity index (χ3v) is 11.6. The monoisotopic (exact) mass is 652 g/mol. The molecule has 0 aromatic heterocycles. The van der Waals surface area contributed by atoms with E-state index in [9.17, 15) is 9.59 Å². The molecule has 12 atom stereocenters. The van der Waals surface area contributed by atoms with Crippen LogP contribution in [-0.2, 0) is 9.47 Å². The zero-order valence-electron chi connectivity index (χ0n) is 28.7. The number of amides is 3. The van der Waals surface area contributed by atoms with Crippen LogP contribution in [0.3, 0.4) is 0 Å². The minimum atomic E-state index is -1.28. The fourth-order valence-corrected chi connectivity index (χ4v) is 9.59. The van der Waals surface area contributed by atoms with Crippen LogP contribution in [0.25, 0.3) is 0 Å². The highest BCUT2D eigenvalue weighted by Gasteiger charge is 2.57. The average molecular weight is 653 g/mol. The third kappa shape index (κ3) is 6.74. The molecule has 3 N–H and O–H groups in total. The van der Waals surface area contributed by atoms with Crippen LogP contribution in [0.1, 0.15) is 86.5 Å². The van der Waals surface area contributed by atoms with E-state index < -0.39 is 42.2 Å². The zero-order chi connectivity index (χ0) is 32.9.